The van der Waals surface area contributed by atoms with Gasteiger partial charge in [0.1, 0.15) is 30.3 Å². The predicted molar refractivity (Wildman–Crippen MR) is 82.2 cm³/mol. The lowest BCUT2D eigenvalue weighted by Crippen LogP contribution is -2.58. The number of alkyl halides is 4. The number of hydrogen-bond donors (Lipinski definition) is 4. The number of aromatic nitrogens is 2. The van der Waals surface area contributed by atoms with Gasteiger partial charge in [-0.15, -0.1) is 0 Å². The summed E-state index contributed by atoms with van der Waals surface area (Å²) < 4.78 is 56.2. The molecule has 1 amide bonds. The minimum Gasteiger partial charge on any atom is -0.388 e. The summed E-state index contributed by atoms with van der Waals surface area (Å²) in [4.78, 5) is 18.4. The summed E-state index contributed by atoms with van der Waals surface area (Å²) in [7, 11) is 0. The van der Waals surface area contributed by atoms with Crippen LogP contribution in [0.25, 0.3) is 0 Å². The molecular formula is C15H18F4N4O4. The third-order valence-corrected chi connectivity index (χ3v) is 4.42. The smallest absolute Gasteiger partial charge is 0.388 e. The zero-order valence-corrected chi connectivity index (χ0v) is 13.9. The molecule has 1 saturated heterocycles. The number of rotatable bonds is 5. The SMILES string of the molecule is O=C(NC[C@H]1OC[C@H](Nc2cncc(C(F)(F)F)n2)[C@@H](O)[C@H]1O)[C@H]1C[C@H]1F. The normalized spacial score (nSPS) is 33.4. The summed E-state index contributed by atoms with van der Waals surface area (Å²) in [6.45, 7) is -0.289. The van der Waals surface area contributed by atoms with Crippen LogP contribution in [-0.4, -0.2) is 69.8 Å². The molecule has 3 rings (SSSR count). The number of aliphatic hydroxyl groups excluding tert-OH is 2. The van der Waals surface area contributed by atoms with Crippen molar-refractivity contribution in [2.75, 3.05) is 18.5 Å². The van der Waals surface area contributed by atoms with E-state index in [0.717, 1.165) is 6.20 Å². The Balaban J connectivity index is 1.55. The fourth-order valence-corrected chi connectivity index (χ4v) is 2.72. The van der Waals surface area contributed by atoms with Crippen LogP contribution in [0.2, 0.25) is 0 Å². The zero-order valence-electron chi connectivity index (χ0n) is 13.9. The number of carbonyl (C=O) groups is 1. The molecule has 0 spiro atoms. The fourth-order valence-electron chi connectivity index (χ4n) is 2.72. The van der Waals surface area contributed by atoms with Crippen LogP contribution in [-0.2, 0) is 15.7 Å². The van der Waals surface area contributed by atoms with Crippen LogP contribution >= 0.6 is 0 Å². The zero-order chi connectivity index (χ0) is 19.8. The van der Waals surface area contributed by atoms with E-state index in [1.807, 2.05) is 0 Å². The Hall–Kier alpha value is -2.05. The van der Waals surface area contributed by atoms with Crippen molar-refractivity contribution in [1.82, 2.24) is 15.3 Å². The average Bonchev–Trinajstić information content (AvgIpc) is 3.34. The lowest BCUT2D eigenvalue weighted by molar-refractivity contribution is -0.143. The lowest BCUT2D eigenvalue weighted by atomic mass is 9.98. The van der Waals surface area contributed by atoms with Crippen molar-refractivity contribution in [1.29, 1.82) is 0 Å². The maximum atomic E-state index is 12.8. The van der Waals surface area contributed by atoms with Crippen molar-refractivity contribution in [2.24, 2.45) is 5.92 Å². The van der Waals surface area contributed by atoms with Crippen molar-refractivity contribution in [3.8, 4) is 0 Å². The number of carbonyl (C=O) groups excluding carboxylic acids is 1. The number of ether oxygens (including phenoxy) is 1. The molecule has 2 aliphatic rings. The van der Waals surface area contributed by atoms with Crippen molar-refractivity contribution in [3.63, 3.8) is 0 Å². The Bertz CT molecular complexity index is 692. The number of aliphatic hydroxyl groups is 2. The highest BCUT2D eigenvalue weighted by molar-refractivity contribution is 5.82. The summed E-state index contributed by atoms with van der Waals surface area (Å²) in [5.41, 5.74) is -1.20. The second kappa shape index (κ2) is 7.52. The highest BCUT2D eigenvalue weighted by Gasteiger charge is 2.44. The summed E-state index contributed by atoms with van der Waals surface area (Å²) in [5, 5.41) is 25.3. The molecule has 2 fully saturated rings. The Labute approximate surface area is 150 Å². The molecule has 8 nitrogen and oxygen atoms in total. The number of nitrogens with one attached hydrogen (secondary N) is 2. The van der Waals surface area contributed by atoms with Crippen LogP contribution in [0.15, 0.2) is 12.4 Å². The van der Waals surface area contributed by atoms with Gasteiger partial charge in [0, 0.05) is 6.54 Å². The van der Waals surface area contributed by atoms with Gasteiger partial charge >= 0.3 is 6.18 Å². The Morgan fingerprint density at radius 1 is 1.30 bits per heavy atom. The van der Waals surface area contributed by atoms with E-state index in [1.165, 1.54) is 0 Å². The quantitative estimate of drug-likeness (QED) is 0.514. The Kier molecular flexibility index (Phi) is 5.49. The highest BCUT2D eigenvalue weighted by Crippen LogP contribution is 2.33. The van der Waals surface area contributed by atoms with Crippen LogP contribution in [0, 0.1) is 5.92 Å². The van der Waals surface area contributed by atoms with Crippen LogP contribution in [0.5, 0.6) is 0 Å². The van der Waals surface area contributed by atoms with Crippen LogP contribution in [0.1, 0.15) is 12.1 Å². The Morgan fingerprint density at radius 2 is 2.00 bits per heavy atom. The number of nitrogens with zero attached hydrogens (tertiary/aromatic N) is 2. The molecule has 0 unspecified atom stereocenters. The van der Waals surface area contributed by atoms with Gasteiger partial charge in [-0.3, -0.25) is 9.78 Å². The van der Waals surface area contributed by atoms with Gasteiger partial charge in [-0.05, 0) is 6.42 Å². The van der Waals surface area contributed by atoms with Gasteiger partial charge in [0.15, 0.2) is 5.69 Å². The van der Waals surface area contributed by atoms with Crippen LogP contribution < -0.4 is 10.6 Å². The summed E-state index contributed by atoms with van der Waals surface area (Å²) in [5.74, 6) is -1.42. The first-order chi connectivity index (χ1) is 12.7. The molecule has 0 radical (unpaired) electrons. The number of hydrogen-bond acceptors (Lipinski definition) is 7. The van der Waals surface area contributed by atoms with Crippen molar-refractivity contribution in [3.05, 3.63) is 18.1 Å². The molecule has 1 saturated carbocycles. The van der Waals surface area contributed by atoms with Gasteiger partial charge in [0.05, 0.1) is 31.0 Å². The monoisotopic (exact) mass is 394 g/mol. The van der Waals surface area contributed by atoms with E-state index in [-0.39, 0.29) is 25.4 Å². The minimum atomic E-state index is -4.67. The molecule has 0 bridgehead atoms. The van der Waals surface area contributed by atoms with E-state index in [4.69, 9.17) is 4.74 Å². The second-order valence-electron chi connectivity index (χ2n) is 6.49. The fraction of sp³-hybridized carbons (Fsp3) is 0.667. The van der Waals surface area contributed by atoms with Crippen molar-refractivity contribution < 1.29 is 37.3 Å². The van der Waals surface area contributed by atoms with E-state index in [0.29, 0.717) is 6.20 Å². The molecule has 1 aliphatic heterocycles. The predicted octanol–water partition coefficient (Wildman–Crippen LogP) is -0.129. The van der Waals surface area contributed by atoms with E-state index in [1.54, 1.807) is 0 Å². The summed E-state index contributed by atoms with van der Waals surface area (Å²) >= 11 is 0. The maximum absolute atomic E-state index is 12.8. The molecule has 27 heavy (non-hydrogen) atoms. The lowest BCUT2D eigenvalue weighted by Gasteiger charge is -2.38. The van der Waals surface area contributed by atoms with Crippen molar-refractivity contribution in [2.45, 2.75) is 43.1 Å². The Morgan fingerprint density at radius 3 is 2.63 bits per heavy atom. The first kappa shape index (κ1) is 19.7. The summed E-state index contributed by atoms with van der Waals surface area (Å²) in [6.07, 6.45) is -7.82. The number of amides is 1. The molecule has 1 aromatic heterocycles. The van der Waals surface area contributed by atoms with E-state index >= 15 is 0 Å². The first-order valence-electron chi connectivity index (χ1n) is 8.22. The molecule has 2 heterocycles. The molecule has 4 N–H and O–H groups in total. The first-order valence-corrected chi connectivity index (χ1v) is 8.22. The van der Waals surface area contributed by atoms with E-state index < -0.39 is 54.2 Å². The second-order valence-corrected chi connectivity index (χ2v) is 6.49. The molecule has 150 valence electrons. The maximum Gasteiger partial charge on any atom is 0.434 e. The third kappa shape index (κ3) is 4.62. The van der Waals surface area contributed by atoms with Gasteiger partial charge < -0.3 is 25.6 Å². The van der Waals surface area contributed by atoms with Gasteiger partial charge in [0.25, 0.3) is 0 Å². The van der Waals surface area contributed by atoms with Crippen molar-refractivity contribution >= 4 is 11.7 Å². The van der Waals surface area contributed by atoms with Crippen LogP contribution in [0.3, 0.4) is 0 Å². The van der Waals surface area contributed by atoms with E-state index in [2.05, 4.69) is 20.6 Å². The number of anilines is 1. The largest absolute Gasteiger partial charge is 0.434 e. The number of halogens is 4. The highest BCUT2D eigenvalue weighted by atomic mass is 19.4. The molecule has 1 aromatic rings. The standard InChI is InChI=1S/C15H18F4N4O4/c16-7-1-6(7)14(26)21-2-9-13(25)12(24)8(5-27-9)22-11-4-20-3-10(23-11)15(17,18)19/h3-4,6-9,12-13,24-25H,1-2,5H2,(H,21,26)(H,22,23)/t6-,7+,8-,9+,12+,13-/m0/s1. The van der Waals surface area contributed by atoms with Gasteiger partial charge in [-0.25, -0.2) is 9.37 Å². The van der Waals surface area contributed by atoms with Crippen LogP contribution in [0.4, 0.5) is 23.4 Å². The average molecular weight is 394 g/mol. The van der Waals surface area contributed by atoms with E-state index in [9.17, 15) is 32.6 Å². The molecule has 6 atom stereocenters. The topological polar surface area (TPSA) is 117 Å². The van der Waals surface area contributed by atoms with Gasteiger partial charge in [-0.1, -0.05) is 0 Å². The minimum absolute atomic E-state index is 0.129. The molecular weight excluding hydrogens is 376 g/mol. The third-order valence-electron chi connectivity index (χ3n) is 4.42. The van der Waals surface area contributed by atoms with Gasteiger partial charge in [-0.2, -0.15) is 13.2 Å². The molecule has 0 aromatic carbocycles. The molecule has 12 heteroatoms. The van der Waals surface area contributed by atoms with Gasteiger partial charge in [0.2, 0.25) is 5.91 Å². The molecule has 1 aliphatic carbocycles. The summed E-state index contributed by atoms with van der Waals surface area (Å²) in [6, 6.07) is -0.941.